The van der Waals surface area contributed by atoms with E-state index < -0.39 is 0 Å². The fourth-order valence-electron chi connectivity index (χ4n) is 3.63. The van der Waals surface area contributed by atoms with Gasteiger partial charge in [-0.3, -0.25) is 9.78 Å². The number of hydrogen-bond acceptors (Lipinski definition) is 6. The lowest BCUT2D eigenvalue weighted by atomic mass is 9.83. The molecule has 2 fully saturated rings. The first kappa shape index (κ1) is 16.5. The molecule has 0 bridgehead atoms. The van der Waals surface area contributed by atoms with Gasteiger partial charge in [0.05, 0.1) is 24.0 Å². The van der Waals surface area contributed by atoms with Crippen LogP contribution in [0.3, 0.4) is 0 Å². The molecule has 0 N–H and O–H groups in total. The van der Waals surface area contributed by atoms with Crippen LogP contribution in [0.4, 0.5) is 0 Å². The van der Waals surface area contributed by atoms with Crippen molar-refractivity contribution in [1.82, 2.24) is 14.9 Å². The van der Waals surface area contributed by atoms with Gasteiger partial charge in [0.1, 0.15) is 6.10 Å². The zero-order valence-corrected chi connectivity index (χ0v) is 14.8. The molecule has 2 aromatic heterocycles. The van der Waals surface area contributed by atoms with Crippen molar-refractivity contribution in [2.24, 2.45) is 0 Å². The number of ether oxygens (including phenoxy) is 2. The summed E-state index contributed by atoms with van der Waals surface area (Å²) in [6, 6.07) is 1.89. The maximum atomic E-state index is 12.5. The second-order valence-corrected chi connectivity index (χ2v) is 7.39. The third kappa shape index (κ3) is 3.67. The van der Waals surface area contributed by atoms with Gasteiger partial charge in [0, 0.05) is 43.7 Å². The molecular weight excluding hydrogens is 338 g/mol. The molecule has 2 saturated heterocycles. The Hall–Kier alpha value is -1.99. The summed E-state index contributed by atoms with van der Waals surface area (Å²) in [5.41, 5.74) is 0.602. The zero-order chi connectivity index (χ0) is 17.1. The smallest absolute Gasteiger partial charge is 0.254 e. The monoisotopic (exact) mass is 359 g/mol. The molecule has 0 aromatic carbocycles. The standard InChI is InChI=1S/C18H21N3O3S/c22-17(14-2-10-25-13-14)21-7-3-18(4-8-21)11-15(1-9-23-18)24-16-12-19-5-6-20-16/h2,5-6,10,12-13,15H,1,3-4,7-9,11H2. The molecule has 2 aliphatic rings. The van der Waals surface area contributed by atoms with E-state index in [1.54, 1.807) is 29.9 Å². The van der Waals surface area contributed by atoms with Crippen LogP contribution in [0.2, 0.25) is 0 Å². The van der Waals surface area contributed by atoms with Crippen LogP contribution >= 0.6 is 11.3 Å². The van der Waals surface area contributed by atoms with Crippen molar-refractivity contribution in [2.75, 3.05) is 19.7 Å². The quantitative estimate of drug-likeness (QED) is 0.843. The van der Waals surface area contributed by atoms with Crippen molar-refractivity contribution >= 4 is 17.2 Å². The van der Waals surface area contributed by atoms with Gasteiger partial charge >= 0.3 is 0 Å². The first-order valence-electron chi connectivity index (χ1n) is 8.62. The summed E-state index contributed by atoms with van der Waals surface area (Å²) < 4.78 is 12.1. The van der Waals surface area contributed by atoms with Gasteiger partial charge in [0.25, 0.3) is 5.91 Å². The zero-order valence-electron chi connectivity index (χ0n) is 14.0. The maximum Gasteiger partial charge on any atom is 0.254 e. The van der Waals surface area contributed by atoms with Gasteiger partial charge in [-0.05, 0) is 24.3 Å². The van der Waals surface area contributed by atoms with Gasteiger partial charge in [-0.1, -0.05) is 0 Å². The highest BCUT2D eigenvalue weighted by molar-refractivity contribution is 7.08. The maximum absolute atomic E-state index is 12.5. The summed E-state index contributed by atoms with van der Waals surface area (Å²) in [4.78, 5) is 22.7. The molecule has 4 rings (SSSR count). The van der Waals surface area contributed by atoms with Crippen LogP contribution in [0.5, 0.6) is 5.88 Å². The Morgan fingerprint density at radius 2 is 2.24 bits per heavy atom. The van der Waals surface area contributed by atoms with Crippen LogP contribution in [0, 0.1) is 0 Å². The predicted octanol–water partition coefficient (Wildman–Crippen LogP) is 2.77. The molecule has 0 aliphatic carbocycles. The minimum atomic E-state index is -0.184. The largest absolute Gasteiger partial charge is 0.473 e. The molecule has 132 valence electrons. The van der Waals surface area contributed by atoms with E-state index in [9.17, 15) is 4.79 Å². The van der Waals surface area contributed by atoms with Crippen molar-refractivity contribution in [3.63, 3.8) is 0 Å². The number of thiophene rings is 1. The SMILES string of the molecule is O=C(c1ccsc1)N1CCC2(CC1)CC(Oc1cnccn1)CCO2. The van der Waals surface area contributed by atoms with Gasteiger partial charge in [-0.15, -0.1) is 0 Å². The summed E-state index contributed by atoms with van der Waals surface area (Å²) >= 11 is 1.55. The van der Waals surface area contributed by atoms with Crippen molar-refractivity contribution < 1.29 is 14.3 Å². The van der Waals surface area contributed by atoms with Crippen LogP contribution in [0.15, 0.2) is 35.4 Å². The van der Waals surface area contributed by atoms with E-state index >= 15 is 0 Å². The minimum absolute atomic E-state index is 0.0876. The number of amides is 1. The second kappa shape index (κ2) is 7.09. The highest BCUT2D eigenvalue weighted by Crippen LogP contribution is 2.36. The van der Waals surface area contributed by atoms with Gasteiger partial charge in [0.15, 0.2) is 0 Å². The van der Waals surface area contributed by atoms with Crippen LogP contribution < -0.4 is 4.74 Å². The van der Waals surface area contributed by atoms with Crippen molar-refractivity contribution in [2.45, 2.75) is 37.4 Å². The van der Waals surface area contributed by atoms with E-state index in [4.69, 9.17) is 9.47 Å². The lowest BCUT2D eigenvalue weighted by Gasteiger charge is -2.45. The Bertz CT molecular complexity index is 700. The van der Waals surface area contributed by atoms with Gasteiger partial charge < -0.3 is 14.4 Å². The van der Waals surface area contributed by atoms with Crippen LogP contribution in [0.25, 0.3) is 0 Å². The van der Waals surface area contributed by atoms with Crippen molar-refractivity contribution in [3.8, 4) is 5.88 Å². The number of hydrogen-bond donors (Lipinski definition) is 0. The Balaban J connectivity index is 1.36. The molecule has 25 heavy (non-hydrogen) atoms. The number of rotatable bonds is 3. The van der Waals surface area contributed by atoms with Crippen LogP contribution in [-0.2, 0) is 4.74 Å². The van der Waals surface area contributed by atoms with E-state index in [-0.39, 0.29) is 17.6 Å². The molecule has 1 amide bonds. The van der Waals surface area contributed by atoms with E-state index in [0.29, 0.717) is 12.5 Å². The van der Waals surface area contributed by atoms with E-state index in [1.807, 2.05) is 21.7 Å². The van der Waals surface area contributed by atoms with Gasteiger partial charge in [-0.25, -0.2) is 4.98 Å². The molecule has 1 atom stereocenters. The first-order chi connectivity index (χ1) is 12.2. The Morgan fingerprint density at radius 3 is 2.96 bits per heavy atom. The lowest BCUT2D eigenvalue weighted by Crippen LogP contribution is -2.52. The molecule has 7 heteroatoms. The van der Waals surface area contributed by atoms with Crippen molar-refractivity contribution in [3.05, 3.63) is 41.0 Å². The number of carbonyl (C=O) groups excluding carboxylic acids is 1. The summed E-state index contributed by atoms with van der Waals surface area (Å²) in [5, 5.41) is 3.85. The summed E-state index contributed by atoms with van der Waals surface area (Å²) in [6.07, 6.45) is 8.40. The average Bonchev–Trinajstić information content (AvgIpc) is 3.18. The Kier molecular flexibility index (Phi) is 4.67. The third-order valence-corrected chi connectivity index (χ3v) is 5.69. The normalized spacial score (nSPS) is 22.7. The second-order valence-electron chi connectivity index (χ2n) is 6.61. The summed E-state index contributed by atoms with van der Waals surface area (Å²) in [5.74, 6) is 0.689. The molecule has 6 nitrogen and oxygen atoms in total. The molecular formula is C18H21N3O3S. The van der Waals surface area contributed by atoms with Crippen LogP contribution in [0.1, 0.15) is 36.0 Å². The molecule has 0 saturated carbocycles. The summed E-state index contributed by atoms with van der Waals surface area (Å²) in [6.45, 7) is 2.14. The van der Waals surface area contributed by atoms with Crippen molar-refractivity contribution in [1.29, 1.82) is 0 Å². The fourth-order valence-corrected chi connectivity index (χ4v) is 4.26. The topological polar surface area (TPSA) is 64.6 Å². The number of nitrogens with zero attached hydrogens (tertiary/aromatic N) is 3. The van der Waals surface area contributed by atoms with Gasteiger partial charge in [0.2, 0.25) is 5.88 Å². The Labute approximate surface area is 150 Å². The van der Waals surface area contributed by atoms with Crippen LogP contribution in [-0.4, -0.2) is 52.2 Å². The number of aromatic nitrogens is 2. The predicted molar refractivity (Wildman–Crippen MR) is 93.8 cm³/mol. The fraction of sp³-hybridized carbons (Fsp3) is 0.500. The minimum Gasteiger partial charge on any atom is -0.473 e. The number of carbonyl (C=O) groups is 1. The van der Waals surface area contributed by atoms with E-state index in [2.05, 4.69) is 9.97 Å². The molecule has 0 radical (unpaired) electrons. The number of likely N-dealkylation sites (tertiary alicyclic amines) is 1. The molecule has 2 aliphatic heterocycles. The number of piperidine rings is 1. The Morgan fingerprint density at radius 1 is 1.36 bits per heavy atom. The molecule has 2 aromatic rings. The molecule has 4 heterocycles. The highest BCUT2D eigenvalue weighted by Gasteiger charge is 2.42. The van der Waals surface area contributed by atoms with Gasteiger partial charge in [-0.2, -0.15) is 11.3 Å². The average molecular weight is 359 g/mol. The first-order valence-corrected chi connectivity index (χ1v) is 9.57. The highest BCUT2D eigenvalue weighted by atomic mass is 32.1. The third-order valence-electron chi connectivity index (χ3n) is 5.00. The summed E-state index contributed by atoms with van der Waals surface area (Å²) in [7, 11) is 0. The van der Waals surface area contributed by atoms with E-state index in [1.165, 1.54) is 0 Å². The van der Waals surface area contributed by atoms with E-state index in [0.717, 1.165) is 44.3 Å². The molecule has 1 unspecified atom stereocenters. The lowest BCUT2D eigenvalue weighted by molar-refractivity contribution is -0.135. The molecule has 1 spiro atoms.